The maximum atomic E-state index is 11.7. The van der Waals surface area contributed by atoms with Crippen LogP contribution in [0.4, 0.5) is 0 Å². The number of likely N-dealkylation sites (tertiary alicyclic amines) is 1. The predicted octanol–water partition coefficient (Wildman–Crippen LogP) is 2.91. The molecule has 4 heteroatoms. The lowest BCUT2D eigenvalue weighted by Crippen LogP contribution is -2.48. The molecular weight excluding hydrogens is 280 g/mol. The Morgan fingerprint density at radius 3 is 2.76 bits per heavy atom. The number of hydrogen-bond donors (Lipinski definition) is 1. The Morgan fingerprint density at radius 2 is 2.05 bits per heavy atom. The molecule has 1 atom stereocenters. The fraction of sp³-hybridized carbons (Fsp3) is 0.588. The van der Waals surface area contributed by atoms with Gasteiger partial charge in [0.05, 0.1) is 0 Å². The van der Waals surface area contributed by atoms with Crippen molar-refractivity contribution in [1.29, 1.82) is 0 Å². The first-order valence-electron chi connectivity index (χ1n) is 8.00. The van der Waals surface area contributed by atoms with Crippen molar-refractivity contribution >= 4 is 17.7 Å². The van der Waals surface area contributed by atoms with E-state index in [4.69, 9.17) is 0 Å². The largest absolute Gasteiger partial charge is 0.341 e. The van der Waals surface area contributed by atoms with Crippen LogP contribution in [0.2, 0.25) is 0 Å². The first kappa shape index (κ1) is 14.9. The molecule has 0 spiro atoms. The summed E-state index contributed by atoms with van der Waals surface area (Å²) in [7, 11) is 0. The molecule has 1 aromatic carbocycles. The highest BCUT2D eigenvalue weighted by Crippen LogP contribution is 2.37. The summed E-state index contributed by atoms with van der Waals surface area (Å²) in [6.45, 7) is 3.78. The summed E-state index contributed by atoms with van der Waals surface area (Å²) >= 11 is 2.00. The minimum atomic E-state index is 0.297. The molecule has 0 radical (unpaired) electrons. The first-order chi connectivity index (χ1) is 10.2. The van der Waals surface area contributed by atoms with E-state index in [2.05, 4.69) is 35.6 Å². The minimum Gasteiger partial charge on any atom is -0.341 e. The summed E-state index contributed by atoms with van der Waals surface area (Å²) in [4.78, 5) is 15.1. The Morgan fingerprint density at radius 1 is 1.29 bits per heavy atom. The summed E-state index contributed by atoms with van der Waals surface area (Å²) in [5, 5.41) is 4.48. The molecule has 1 amide bonds. The molecule has 21 heavy (non-hydrogen) atoms. The van der Waals surface area contributed by atoms with Gasteiger partial charge in [0.25, 0.3) is 0 Å². The summed E-state index contributed by atoms with van der Waals surface area (Å²) in [6, 6.07) is 11.8. The van der Waals surface area contributed by atoms with Crippen molar-refractivity contribution in [2.24, 2.45) is 0 Å². The van der Waals surface area contributed by atoms with Crippen molar-refractivity contribution in [1.82, 2.24) is 10.2 Å². The monoisotopic (exact) mass is 304 g/mol. The third kappa shape index (κ3) is 3.80. The molecule has 1 N–H and O–H groups in total. The van der Waals surface area contributed by atoms with Crippen LogP contribution in [0.3, 0.4) is 0 Å². The van der Waals surface area contributed by atoms with E-state index in [0.29, 0.717) is 24.4 Å². The molecule has 2 fully saturated rings. The zero-order chi connectivity index (χ0) is 14.7. The number of rotatable bonds is 5. The normalized spacial score (nSPS) is 28.4. The molecule has 1 aromatic rings. The van der Waals surface area contributed by atoms with Crippen LogP contribution in [0.1, 0.15) is 32.6 Å². The van der Waals surface area contributed by atoms with Gasteiger partial charge in [-0.2, -0.15) is 0 Å². The van der Waals surface area contributed by atoms with Gasteiger partial charge in [0.2, 0.25) is 5.91 Å². The van der Waals surface area contributed by atoms with E-state index in [1.165, 1.54) is 17.7 Å². The lowest BCUT2D eigenvalue weighted by atomic mass is 9.91. The zero-order valence-corrected chi connectivity index (χ0v) is 13.4. The van der Waals surface area contributed by atoms with Crippen LogP contribution in [0, 0.1) is 0 Å². The van der Waals surface area contributed by atoms with Crippen molar-refractivity contribution < 1.29 is 4.79 Å². The van der Waals surface area contributed by atoms with Crippen molar-refractivity contribution in [3.05, 3.63) is 30.3 Å². The Kier molecular flexibility index (Phi) is 4.86. The molecule has 2 aliphatic rings. The molecule has 1 unspecified atom stereocenters. The van der Waals surface area contributed by atoms with Crippen LogP contribution >= 0.6 is 11.8 Å². The van der Waals surface area contributed by atoms with Gasteiger partial charge in [-0.05, 0) is 31.4 Å². The van der Waals surface area contributed by atoms with E-state index >= 15 is 0 Å². The second kappa shape index (κ2) is 6.84. The molecule has 1 aliphatic carbocycles. The molecule has 0 bridgehead atoms. The van der Waals surface area contributed by atoms with Crippen molar-refractivity contribution in [3.63, 3.8) is 0 Å². The van der Waals surface area contributed by atoms with Gasteiger partial charge in [-0.1, -0.05) is 25.1 Å². The highest BCUT2D eigenvalue weighted by atomic mass is 32.2. The molecular formula is C17H24N2OS. The highest BCUT2D eigenvalue weighted by molar-refractivity contribution is 8.00. The number of carbonyl (C=O) groups is 1. The lowest BCUT2D eigenvalue weighted by Gasteiger charge is -2.37. The molecule has 1 saturated carbocycles. The van der Waals surface area contributed by atoms with Gasteiger partial charge in [-0.15, -0.1) is 11.8 Å². The zero-order valence-electron chi connectivity index (χ0n) is 12.6. The van der Waals surface area contributed by atoms with E-state index < -0.39 is 0 Å². The van der Waals surface area contributed by atoms with Crippen molar-refractivity contribution in [2.45, 2.75) is 54.8 Å². The Bertz CT molecular complexity index is 473. The number of carbonyl (C=O) groups excluding carboxylic acids is 1. The maximum absolute atomic E-state index is 11.7. The molecule has 1 aliphatic heterocycles. The van der Waals surface area contributed by atoms with Crippen LogP contribution in [-0.2, 0) is 4.79 Å². The van der Waals surface area contributed by atoms with Crippen LogP contribution in [-0.4, -0.2) is 41.2 Å². The standard InChI is InChI=1S/C17H24N2OS/c1-2-17(20)19-9-8-13(12-19)18-14-10-16(11-14)21-15-6-4-3-5-7-15/h3-7,13-14,16,18H,2,8-12H2,1H3. The molecule has 114 valence electrons. The average Bonchev–Trinajstić information content (AvgIpc) is 2.94. The summed E-state index contributed by atoms with van der Waals surface area (Å²) in [5.74, 6) is 0.297. The molecule has 1 saturated heterocycles. The van der Waals surface area contributed by atoms with Crippen LogP contribution in [0.15, 0.2) is 35.2 Å². The van der Waals surface area contributed by atoms with E-state index in [1.807, 2.05) is 23.6 Å². The Hall–Kier alpha value is -1.00. The van der Waals surface area contributed by atoms with E-state index in [0.717, 1.165) is 24.8 Å². The number of hydrogen-bond acceptors (Lipinski definition) is 3. The quantitative estimate of drug-likeness (QED) is 0.908. The molecule has 3 nitrogen and oxygen atoms in total. The molecule has 3 rings (SSSR count). The van der Waals surface area contributed by atoms with E-state index in [9.17, 15) is 4.79 Å². The van der Waals surface area contributed by atoms with Gasteiger partial charge in [0, 0.05) is 41.7 Å². The molecule has 1 heterocycles. The molecule has 0 aromatic heterocycles. The first-order valence-corrected chi connectivity index (χ1v) is 8.88. The summed E-state index contributed by atoms with van der Waals surface area (Å²) in [5.41, 5.74) is 0. The topological polar surface area (TPSA) is 32.3 Å². The number of nitrogens with zero attached hydrogens (tertiary/aromatic N) is 1. The Balaban J connectivity index is 1.37. The third-order valence-electron chi connectivity index (χ3n) is 4.46. The number of amides is 1. The number of nitrogens with one attached hydrogen (secondary N) is 1. The third-order valence-corrected chi connectivity index (χ3v) is 5.72. The van der Waals surface area contributed by atoms with Gasteiger partial charge < -0.3 is 10.2 Å². The lowest BCUT2D eigenvalue weighted by molar-refractivity contribution is -0.129. The summed E-state index contributed by atoms with van der Waals surface area (Å²) in [6.07, 6.45) is 4.24. The highest BCUT2D eigenvalue weighted by Gasteiger charge is 2.33. The SMILES string of the molecule is CCC(=O)N1CCC(NC2CC(Sc3ccccc3)C2)C1. The fourth-order valence-electron chi connectivity index (χ4n) is 3.17. The van der Waals surface area contributed by atoms with Gasteiger partial charge in [-0.3, -0.25) is 4.79 Å². The summed E-state index contributed by atoms with van der Waals surface area (Å²) < 4.78 is 0. The van der Waals surface area contributed by atoms with Gasteiger partial charge >= 0.3 is 0 Å². The van der Waals surface area contributed by atoms with E-state index in [-0.39, 0.29) is 0 Å². The minimum absolute atomic E-state index is 0.297. The number of benzene rings is 1. The maximum Gasteiger partial charge on any atom is 0.222 e. The second-order valence-electron chi connectivity index (χ2n) is 6.07. The van der Waals surface area contributed by atoms with Crippen LogP contribution in [0.25, 0.3) is 0 Å². The van der Waals surface area contributed by atoms with Crippen LogP contribution < -0.4 is 5.32 Å². The van der Waals surface area contributed by atoms with Gasteiger partial charge in [0.15, 0.2) is 0 Å². The van der Waals surface area contributed by atoms with Gasteiger partial charge in [0.1, 0.15) is 0 Å². The van der Waals surface area contributed by atoms with Gasteiger partial charge in [-0.25, -0.2) is 0 Å². The fourth-order valence-corrected chi connectivity index (χ4v) is 4.53. The van der Waals surface area contributed by atoms with Crippen molar-refractivity contribution in [3.8, 4) is 0 Å². The van der Waals surface area contributed by atoms with Crippen LogP contribution in [0.5, 0.6) is 0 Å². The average molecular weight is 304 g/mol. The van der Waals surface area contributed by atoms with E-state index in [1.54, 1.807) is 0 Å². The second-order valence-corrected chi connectivity index (χ2v) is 7.44. The number of thioether (sulfide) groups is 1. The predicted molar refractivity (Wildman–Crippen MR) is 87.5 cm³/mol. The van der Waals surface area contributed by atoms with Crippen molar-refractivity contribution in [2.75, 3.05) is 13.1 Å². The Labute approximate surface area is 131 Å². The smallest absolute Gasteiger partial charge is 0.222 e.